The number of halogens is 1. The highest BCUT2D eigenvalue weighted by Gasteiger charge is 2.25. The van der Waals surface area contributed by atoms with Gasteiger partial charge in [0.2, 0.25) is 5.91 Å². The summed E-state index contributed by atoms with van der Waals surface area (Å²) in [6.45, 7) is 3.30. The van der Waals surface area contributed by atoms with Crippen molar-refractivity contribution in [3.8, 4) is 6.07 Å². The second-order valence-electron chi connectivity index (χ2n) is 6.89. The average molecular weight is 407 g/mol. The standard InChI is InChI=1S/C22H22FN5O2/c1-16(29)28(21-8-4-19(25)5-9-21)15-17(14-24)22(30)27-12-10-26(11-13-27)20-6-2-18(23)3-7-20/h2-9,15H,10-13,25H2,1H3/b17-15-. The third-order valence-electron chi connectivity index (χ3n) is 4.88. The number of rotatable bonds is 4. The van der Waals surface area contributed by atoms with E-state index in [2.05, 4.69) is 4.90 Å². The van der Waals surface area contributed by atoms with Crippen molar-refractivity contribution in [3.63, 3.8) is 0 Å². The second-order valence-corrected chi connectivity index (χ2v) is 6.89. The lowest BCUT2D eigenvalue weighted by Gasteiger charge is -2.36. The van der Waals surface area contributed by atoms with Gasteiger partial charge in [0.05, 0.1) is 0 Å². The topological polar surface area (TPSA) is 93.7 Å². The first kappa shape index (κ1) is 20.9. The largest absolute Gasteiger partial charge is 0.399 e. The van der Waals surface area contributed by atoms with Gasteiger partial charge in [0, 0.05) is 56.4 Å². The van der Waals surface area contributed by atoms with Gasteiger partial charge in [-0.3, -0.25) is 14.5 Å². The van der Waals surface area contributed by atoms with Crippen molar-refractivity contribution in [3.05, 3.63) is 66.1 Å². The van der Waals surface area contributed by atoms with E-state index in [4.69, 9.17) is 5.73 Å². The third-order valence-corrected chi connectivity index (χ3v) is 4.88. The first-order valence-corrected chi connectivity index (χ1v) is 9.46. The number of carbonyl (C=O) groups is 2. The van der Waals surface area contributed by atoms with Gasteiger partial charge < -0.3 is 15.5 Å². The summed E-state index contributed by atoms with van der Waals surface area (Å²) < 4.78 is 13.1. The van der Waals surface area contributed by atoms with Crippen LogP contribution in [-0.2, 0) is 9.59 Å². The Morgan fingerprint density at radius 3 is 2.20 bits per heavy atom. The Morgan fingerprint density at radius 2 is 1.67 bits per heavy atom. The SMILES string of the molecule is CC(=O)N(/C=C(/C#N)C(=O)N1CCN(c2ccc(F)cc2)CC1)c1ccc(N)cc1. The van der Waals surface area contributed by atoms with Gasteiger partial charge >= 0.3 is 0 Å². The number of nitrogens with two attached hydrogens (primary N) is 1. The molecule has 0 saturated carbocycles. The zero-order valence-corrected chi connectivity index (χ0v) is 16.6. The van der Waals surface area contributed by atoms with Gasteiger partial charge in [0.15, 0.2) is 0 Å². The molecule has 2 N–H and O–H groups in total. The lowest BCUT2D eigenvalue weighted by Crippen LogP contribution is -2.49. The Balaban J connectivity index is 1.72. The molecule has 0 unspecified atom stereocenters. The van der Waals surface area contributed by atoms with E-state index < -0.39 is 5.91 Å². The highest BCUT2D eigenvalue weighted by Crippen LogP contribution is 2.20. The summed E-state index contributed by atoms with van der Waals surface area (Å²) in [5.74, 6) is -1.06. The zero-order chi connectivity index (χ0) is 21.7. The van der Waals surface area contributed by atoms with Crippen LogP contribution in [0.1, 0.15) is 6.92 Å². The second kappa shape index (κ2) is 9.09. The van der Waals surface area contributed by atoms with Crippen LogP contribution in [0.2, 0.25) is 0 Å². The minimum atomic E-state index is -0.432. The van der Waals surface area contributed by atoms with Crippen LogP contribution in [-0.4, -0.2) is 42.9 Å². The van der Waals surface area contributed by atoms with Crippen LogP contribution in [0.3, 0.4) is 0 Å². The lowest BCUT2D eigenvalue weighted by molar-refractivity contribution is -0.127. The number of amides is 2. The van der Waals surface area contributed by atoms with Crippen molar-refractivity contribution in [1.82, 2.24) is 4.90 Å². The van der Waals surface area contributed by atoms with Gasteiger partial charge in [-0.15, -0.1) is 0 Å². The molecule has 0 aromatic heterocycles. The fourth-order valence-electron chi connectivity index (χ4n) is 3.23. The number of nitrogens with zero attached hydrogens (tertiary/aromatic N) is 4. The number of piperazine rings is 1. The molecule has 0 aliphatic carbocycles. The minimum Gasteiger partial charge on any atom is -0.399 e. The Bertz CT molecular complexity index is 988. The van der Waals surface area contributed by atoms with Crippen LogP contribution in [0.4, 0.5) is 21.5 Å². The predicted octanol–water partition coefficient (Wildman–Crippen LogP) is 2.52. The van der Waals surface area contributed by atoms with E-state index in [9.17, 15) is 19.2 Å². The minimum absolute atomic E-state index is 0.128. The smallest absolute Gasteiger partial charge is 0.266 e. The van der Waals surface area contributed by atoms with Crippen molar-refractivity contribution in [2.75, 3.05) is 41.7 Å². The molecule has 0 atom stereocenters. The predicted molar refractivity (Wildman–Crippen MR) is 113 cm³/mol. The van der Waals surface area contributed by atoms with Gasteiger partial charge in [-0.05, 0) is 48.5 Å². The van der Waals surface area contributed by atoms with E-state index in [0.29, 0.717) is 37.6 Å². The van der Waals surface area contributed by atoms with Gasteiger partial charge in [-0.1, -0.05) is 0 Å². The van der Waals surface area contributed by atoms with E-state index in [1.54, 1.807) is 41.3 Å². The summed E-state index contributed by atoms with van der Waals surface area (Å²) in [6, 6.07) is 14.7. The van der Waals surface area contributed by atoms with Crippen molar-refractivity contribution in [1.29, 1.82) is 5.26 Å². The highest BCUT2D eigenvalue weighted by molar-refractivity contribution is 6.01. The summed E-state index contributed by atoms with van der Waals surface area (Å²) in [7, 11) is 0. The summed E-state index contributed by atoms with van der Waals surface area (Å²) in [5, 5.41) is 9.54. The molecule has 0 bridgehead atoms. The number of hydrogen-bond acceptors (Lipinski definition) is 5. The molecule has 0 spiro atoms. The van der Waals surface area contributed by atoms with E-state index in [0.717, 1.165) is 5.69 Å². The molecule has 1 aliphatic rings. The molecule has 154 valence electrons. The molecular formula is C22H22FN5O2. The summed E-state index contributed by atoms with van der Waals surface area (Å²) in [6.07, 6.45) is 1.27. The number of anilines is 3. The quantitative estimate of drug-likeness (QED) is 0.478. The molecule has 0 radical (unpaired) electrons. The van der Waals surface area contributed by atoms with E-state index in [-0.39, 0.29) is 17.3 Å². The average Bonchev–Trinajstić information content (AvgIpc) is 2.75. The van der Waals surface area contributed by atoms with Crippen molar-refractivity contribution in [2.24, 2.45) is 0 Å². The first-order valence-electron chi connectivity index (χ1n) is 9.46. The van der Waals surface area contributed by atoms with E-state index in [1.807, 2.05) is 6.07 Å². The molecule has 2 amide bonds. The Morgan fingerprint density at radius 1 is 1.07 bits per heavy atom. The molecule has 1 saturated heterocycles. The summed E-state index contributed by atoms with van der Waals surface area (Å²) in [5.41, 5.74) is 7.49. The van der Waals surface area contributed by atoms with E-state index in [1.165, 1.54) is 30.2 Å². The molecule has 2 aromatic rings. The summed E-state index contributed by atoms with van der Waals surface area (Å²) in [4.78, 5) is 29.8. The normalized spacial score (nSPS) is 14.2. The maximum atomic E-state index is 13.1. The lowest BCUT2D eigenvalue weighted by atomic mass is 10.2. The number of hydrogen-bond donors (Lipinski definition) is 1. The summed E-state index contributed by atoms with van der Waals surface area (Å²) >= 11 is 0. The van der Waals surface area contributed by atoms with Gasteiger partial charge in [-0.25, -0.2) is 4.39 Å². The van der Waals surface area contributed by atoms with Gasteiger partial charge in [0.1, 0.15) is 17.5 Å². The molecule has 8 heteroatoms. The zero-order valence-electron chi connectivity index (χ0n) is 16.6. The van der Waals surface area contributed by atoms with Gasteiger partial charge in [0.25, 0.3) is 5.91 Å². The van der Waals surface area contributed by atoms with Crippen LogP contribution >= 0.6 is 0 Å². The van der Waals surface area contributed by atoms with Crippen LogP contribution in [0.15, 0.2) is 60.3 Å². The fourth-order valence-corrected chi connectivity index (χ4v) is 3.23. The third kappa shape index (κ3) is 4.75. The number of nitrogen functional groups attached to an aromatic ring is 1. The first-order chi connectivity index (χ1) is 14.4. The van der Waals surface area contributed by atoms with Crippen molar-refractivity contribution >= 4 is 28.9 Å². The molecule has 2 aromatic carbocycles. The molecule has 7 nitrogen and oxygen atoms in total. The Labute approximate surface area is 174 Å². The van der Waals surface area contributed by atoms with Crippen LogP contribution < -0.4 is 15.5 Å². The van der Waals surface area contributed by atoms with E-state index >= 15 is 0 Å². The number of benzene rings is 2. The Hall–Kier alpha value is -3.86. The Kier molecular flexibility index (Phi) is 6.32. The monoisotopic (exact) mass is 407 g/mol. The van der Waals surface area contributed by atoms with Crippen LogP contribution in [0, 0.1) is 17.1 Å². The molecular weight excluding hydrogens is 385 g/mol. The molecule has 3 rings (SSSR count). The van der Waals surface area contributed by atoms with Crippen LogP contribution in [0.5, 0.6) is 0 Å². The molecule has 1 heterocycles. The maximum absolute atomic E-state index is 13.1. The van der Waals surface area contributed by atoms with Crippen LogP contribution in [0.25, 0.3) is 0 Å². The van der Waals surface area contributed by atoms with Crippen molar-refractivity contribution < 1.29 is 14.0 Å². The highest BCUT2D eigenvalue weighted by atomic mass is 19.1. The maximum Gasteiger partial charge on any atom is 0.266 e. The van der Waals surface area contributed by atoms with Gasteiger partial charge in [-0.2, -0.15) is 5.26 Å². The number of nitriles is 1. The molecule has 1 aliphatic heterocycles. The fraction of sp³-hybridized carbons (Fsp3) is 0.227. The number of carbonyl (C=O) groups excluding carboxylic acids is 2. The molecule has 1 fully saturated rings. The van der Waals surface area contributed by atoms with Crippen molar-refractivity contribution in [2.45, 2.75) is 6.92 Å². The molecule has 30 heavy (non-hydrogen) atoms.